The molecule has 2 rings (SSSR count). The first-order valence-corrected chi connectivity index (χ1v) is 5.90. The Labute approximate surface area is 110 Å². The van der Waals surface area contributed by atoms with Crippen LogP contribution in [0.15, 0.2) is 24.5 Å². The van der Waals surface area contributed by atoms with Gasteiger partial charge >= 0.3 is 0 Å². The van der Waals surface area contributed by atoms with Crippen LogP contribution in [0.4, 0.5) is 10.2 Å². The fraction of sp³-hybridized carbons (Fsp3) is 0.231. The molecule has 1 aromatic carbocycles. The summed E-state index contributed by atoms with van der Waals surface area (Å²) >= 11 is 0. The van der Waals surface area contributed by atoms with Crippen molar-refractivity contribution in [3.8, 4) is 11.6 Å². The maximum absolute atomic E-state index is 13.2. The highest BCUT2D eigenvalue weighted by Crippen LogP contribution is 2.27. The molecule has 0 fully saturated rings. The number of nitrogens with one attached hydrogen (secondary N) is 1. The van der Waals surface area contributed by atoms with Crippen LogP contribution in [-0.2, 0) is 6.42 Å². The summed E-state index contributed by atoms with van der Waals surface area (Å²) in [5, 5.41) is 0. The van der Waals surface area contributed by atoms with E-state index < -0.39 is 0 Å². The van der Waals surface area contributed by atoms with E-state index in [0.29, 0.717) is 29.4 Å². The van der Waals surface area contributed by atoms with Gasteiger partial charge in [-0.2, -0.15) is 0 Å². The molecule has 0 bridgehead atoms. The topological polar surface area (TPSA) is 73.1 Å². The molecule has 1 aromatic heterocycles. The molecule has 6 heteroatoms. The minimum Gasteiger partial charge on any atom is -0.439 e. The zero-order chi connectivity index (χ0) is 13.8. The first-order valence-electron chi connectivity index (χ1n) is 5.90. The van der Waals surface area contributed by atoms with Gasteiger partial charge in [-0.1, -0.05) is 6.92 Å². The maximum Gasteiger partial charge on any atom is 0.227 e. The molecule has 2 aromatic rings. The molecule has 1 heterocycles. The molecule has 0 spiro atoms. The predicted octanol–water partition coefficient (Wildman–Crippen LogP) is 2.56. The fourth-order valence-electron chi connectivity index (χ4n) is 1.72. The third-order valence-corrected chi connectivity index (χ3v) is 2.74. The molecule has 100 valence electrons. The largest absolute Gasteiger partial charge is 0.439 e. The highest BCUT2D eigenvalue weighted by atomic mass is 19.1. The Morgan fingerprint density at radius 3 is 2.79 bits per heavy atom. The molecule has 0 saturated heterocycles. The van der Waals surface area contributed by atoms with E-state index >= 15 is 0 Å². The van der Waals surface area contributed by atoms with Gasteiger partial charge in [-0.3, -0.25) is 0 Å². The van der Waals surface area contributed by atoms with Gasteiger partial charge in [-0.05, 0) is 37.1 Å². The quantitative estimate of drug-likeness (QED) is 0.654. The number of rotatable bonds is 4. The van der Waals surface area contributed by atoms with Gasteiger partial charge in [-0.25, -0.2) is 20.2 Å². The van der Waals surface area contributed by atoms with Crippen molar-refractivity contribution in [2.75, 3.05) is 5.43 Å². The Morgan fingerprint density at radius 1 is 1.37 bits per heavy atom. The van der Waals surface area contributed by atoms with Gasteiger partial charge in [0, 0.05) is 0 Å². The lowest BCUT2D eigenvalue weighted by Crippen LogP contribution is -2.12. The summed E-state index contributed by atoms with van der Waals surface area (Å²) in [4.78, 5) is 8.10. The summed E-state index contributed by atoms with van der Waals surface area (Å²) in [7, 11) is 0. The Hall–Kier alpha value is -2.21. The Morgan fingerprint density at radius 2 is 2.16 bits per heavy atom. The second-order valence-electron chi connectivity index (χ2n) is 4.02. The summed E-state index contributed by atoms with van der Waals surface area (Å²) in [6.07, 6.45) is 2.02. The molecule has 0 unspecified atom stereocenters. The van der Waals surface area contributed by atoms with Crippen molar-refractivity contribution in [1.29, 1.82) is 0 Å². The summed E-state index contributed by atoms with van der Waals surface area (Å²) in [6, 6.07) is 4.53. The minimum absolute atomic E-state index is 0.268. The number of aromatic nitrogens is 2. The number of nitrogens with zero attached hydrogens (tertiary/aromatic N) is 2. The van der Waals surface area contributed by atoms with Crippen molar-refractivity contribution in [2.24, 2.45) is 5.84 Å². The van der Waals surface area contributed by atoms with Gasteiger partial charge in [-0.15, -0.1) is 0 Å². The highest BCUT2D eigenvalue weighted by Gasteiger charge is 2.11. The first-order chi connectivity index (χ1) is 9.15. The van der Waals surface area contributed by atoms with Crippen molar-refractivity contribution in [1.82, 2.24) is 9.97 Å². The number of anilines is 1. The van der Waals surface area contributed by atoms with E-state index in [1.54, 1.807) is 19.1 Å². The highest BCUT2D eigenvalue weighted by molar-refractivity contribution is 5.49. The van der Waals surface area contributed by atoms with Crippen LogP contribution in [0.1, 0.15) is 18.1 Å². The summed E-state index contributed by atoms with van der Waals surface area (Å²) in [5.74, 6) is 6.58. The van der Waals surface area contributed by atoms with Gasteiger partial charge in [0.1, 0.15) is 23.7 Å². The predicted molar refractivity (Wildman–Crippen MR) is 70.4 cm³/mol. The second kappa shape index (κ2) is 5.62. The van der Waals surface area contributed by atoms with E-state index in [9.17, 15) is 4.39 Å². The number of nitrogen functional groups attached to an aromatic ring is 1. The number of nitrogens with two attached hydrogens (primary N) is 1. The second-order valence-corrected chi connectivity index (χ2v) is 4.02. The molecule has 0 aliphatic heterocycles. The number of hydrazine groups is 1. The van der Waals surface area contributed by atoms with Gasteiger partial charge < -0.3 is 10.2 Å². The van der Waals surface area contributed by atoms with Crippen LogP contribution in [0.25, 0.3) is 0 Å². The normalized spacial score (nSPS) is 10.3. The molecule has 0 aliphatic rings. The Kier molecular flexibility index (Phi) is 3.91. The van der Waals surface area contributed by atoms with Crippen molar-refractivity contribution >= 4 is 5.82 Å². The number of aryl methyl sites for hydroxylation is 1. The SMILES string of the molecule is CCc1c(NN)ncnc1Oc1ccc(F)c(C)c1. The zero-order valence-electron chi connectivity index (χ0n) is 10.8. The molecule has 0 saturated carbocycles. The molecular weight excluding hydrogens is 247 g/mol. The van der Waals surface area contributed by atoms with Gasteiger partial charge in [0.15, 0.2) is 0 Å². The van der Waals surface area contributed by atoms with E-state index in [0.717, 1.165) is 5.56 Å². The number of halogens is 1. The molecule has 0 atom stereocenters. The molecular formula is C13H15FN4O. The van der Waals surface area contributed by atoms with Crippen molar-refractivity contribution in [3.63, 3.8) is 0 Å². The molecule has 5 nitrogen and oxygen atoms in total. The van der Waals surface area contributed by atoms with E-state index in [4.69, 9.17) is 10.6 Å². The van der Waals surface area contributed by atoms with Crippen LogP contribution in [0.5, 0.6) is 11.6 Å². The monoisotopic (exact) mass is 262 g/mol. The van der Waals surface area contributed by atoms with Crippen LogP contribution < -0.4 is 16.0 Å². The number of hydrogen-bond donors (Lipinski definition) is 2. The van der Waals surface area contributed by atoms with Gasteiger partial charge in [0.2, 0.25) is 5.88 Å². The van der Waals surface area contributed by atoms with Crippen molar-refractivity contribution in [2.45, 2.75) is 20.3 Å². The lowest BCUT2D eigenvalue weighted by Gasteiger charge is -2.12. The van der Waals surface area contributed by atoms with Gasteiger partial charge in [0.05, 0.1) is 5.56 Å². The summed E-state index contributed by atoms with van der Waals surface area (Å²) < 4.78 is 18.9. The third-order valence-electron chi connectivity index (χ3n) is 2.74. The third kappa shape index (κ3) is 2.79. The Balaban J connectivity index is 2.35. The van der Waals surface area contributed by atoms with Crippen molar-refractivity contribution in [3.05, 3.63) is 41.5 Å². The number of ether oxygens (including phenoxy) is 1. The lowest BCUT2D eigenvalue weighted by atomic mass is 10.2. The van der Waals surface area contributed by atoms with Gasteiger partial charge in [0.25, 0.3) is 0 Å². The van der Waals surface area contributed by atoms with E-state index in [1.807, 2.05) is 6.92 Å². The molecule has 0 radical (unpaired) electrons. The average Bonchev–Trinajstić information content (AvgIpc) is 2.42. The standard InChI is InChI=1S/C13H15FN4O/c1-3-10-12(18-15)16-7-17-13(10)19-9-4-5-11(14)8(2)6-9/h4-7H,3,15H2,1-2H3,(H,16,17,18). The first kappa shape index (κ1) is 13.2. The number of hydrogen-bond acceptors (Lipinski definition) is 5. The van der Waals surface area contributed by atoms with E-state index in [1.165, 1.54) is 12.4 Å². The summed E-state index contributed by atoms with van der Waals surface area (Å²) in [6.45, 7) is 3.62. The molecule has 3 N–H and O–H groups in total. The zero-order valence-corrected chi connectivity index (χ0v) is 10.8. The molecule has 0 aliphatic carbocycles. The lowest BCUT2D eigenvalue weighted by molar-refractivity contribution is 0.453. The van der Waals surface area contributed by atoms with Crippen LogP contribution in [0.3, 0.4) is 0 Å². The van der Waals surface area contributed by atoms with E-state index in [-0.39, 0.29) is 5.82 Å². The Bertz CT molecular complexity index is 589. The van der Waals surface area contributed by atoms with Crippen LogP contribution in [-0.4, -0.2) is 9.97 Å². The smallest absolute Gasteiger partial charge is 0.227 e. The van der Waals surface area contributed by atoms with Crippen LogP contribution in [0, 0.1) is 12.7 Å². The van der Waals surface area contributed by atoms with E-state index in [2.05, 4.69) is 15.4 Å². The van der Waals surface area contributed by atoms with Crippen LogP contribution in [0.2, 0.25) is 0 Å². The molecule has 19 heavy (non-hydrogen) atoms. The number of benzene rings is 1. The maximum atomic E-state index is 13.2. The van der Waals surface area contributed by atoms with Crippen molar-refractivity contribution < 1.29 is 9.13 Å². The average molecular weight is 262 g/mol. The molecule has 0 amide bonds. The summed E-state index contributed by atoms with van der Waals surface area (Å²) in [5.41, 5.74) is 3.79. The fourth-order valence-corrected chi connectivity index (χ4v) is 1.72. The van der Waals surface area contributed by atoms with Crippen LogP contribution >= 0.6 is 0 Å². The minimum atomic E-state index is -0.268.